The summed E-state index contributed by atoms with van der Waals surface area (Å²) in [6, 6.07) is -0.912. The van der Waals surface area contributed by atoms with E-state index in [1.807, 2.05) is 5.32 Å². The molecule has 5 nitrogen and oxygen atoms in total. The minimum atomic E-state index is -4.35. The molecule has 0 radical (unpaired) electrons. The number of hydrogen-bond donors (Lipinski definition) is 3. The summed E-state index contributed by atoms with van der Waals surface area (Å²) < 4.78 is 35.5. The second-order valence-corrected chi connectivity index (χ2v) is 3.84. The van der Waals surface area contributed by atoms with E-state index < -0.39 is 36.7 Å². The molecule has 0 aromatic rings. The third kappa shape index (κ3) is 5.24. The van der Waals surface area contributed by atoms with Gasteiger partial charge in [-0.2, -0.15) is 13.2 Å². The third-order valence-corrected chi connectivity index (χ3v) is 2.66. The topological polar surface area (TPSA) is 78.4 Å². The van der Waals surface area contributed by atoms with Crippen molar-refractivity contribution in [3.8, 4) is 0 Å². The van der Waals surface area contributed by atoms with Gasteiger partial charge in [-0.3, -0.25) is 0 Å². The van der Waals surface area contributed by atoms with Crippen molar-refractivity contribution in [2.24, 2.45) is 0 Å². The number of hydrogen-bond acceptors (Lipinski definition) is 2. The summed E-state index contributed by atoms with van der Waals surface area (Å²) in [5.41, 5.74) is -1.44. The van der Waals surface area contributed by atoms with E-state index in [0.29, 0.717) is 0 Å². The number of carboxylic acid groups (broad SMARTS) is 1. The highest BCUT2D eigenvalue weighted by Crippen LogP contribution is 2.18. The van der Waals surface area contributed by atoms with Crippen molar-refractivity contribution >= 4 is 12.0 Å². The molecule has 8 heteroatoms. The molecule has 0 rings (SSSR count). The highest BCUT2D eigenvalue weighted by atomic mass is 19.4. The summed E-state index contributed by atoms with van der Waals surface area (Å²) >= 11 is 0. The lowest BCUT2D eigenvalue weighted by Gasteiger charge is -2.28. The molecule has 0 saturated heterocycles. The summed E-state index contributed by atoms with van der Waals surface area (Å²) in [5, 5.41) is 13.2. The second-order valence-electron chi connectivity index (χ2n) is 3.84. The molecule has 0 aliphatic heterocycles. The molecule has 106 valence electrons. The quantitative estimate of drug-likeness (QED) is 0.689. The summed E-state index contributed by atoms with van der Waals surface area (Å²) in [7, 11) is 0. The van der Waals surface area contributed by atoms with E-state index in [0.717, 1.165) is 0 Å². The van der Waals surface area contributed by atoms with Gasteiger partial charge in [-0.1, -0.05) is 13.8 Å². The Morgan fingerprint density at radius 3 is 2.00 bits per heavy atom. The van der Waals surface area contributed by atoms with Gasteiger partial charge >= 0.3 is 18.2 Å². The molecule has 0 fully saturated rings. The third-order valence-electron chi connectivity index (χ3n) is 2.66. The van der Waals surface area contributed by atoms with Crippen LogP contribution in [0.1, 0.15) is 33.1 Å². The second kappa shape index (κ2) is 6.46. The van der Waals surface area contributed by atoms with Gasteiger partial charge in [0.1, 0.15) is 5.54 Å². The molecular weight excluding hydrogens is 253 g/mol. The Labute approximate surface area is 103 Å². The molecule has 0 atom stereocenters. The molecule has 3 N–H and O–H groups in total. The number of nitrogens with one attached hydrogen (secondary N) is 2. The fourth-order valence-electron chi connectivity index (χ4n) is 1.36. The molecule has 0 heterocycles. The SMILES string of the molecule is CCC(CC)(NC(=O)NCCC(F)(F)F)C(=O)O. The Hall–Kier alpha value is -1.47. The van der Waals surface area contributed by atoms with E-state index in [1.165, 1.54) is 0 Å². The van der Waals surface area contributed by atoms with Crippen LogP contribution in [0.15, 0.2) is 0 Å². The minimum absolute atomic E-state index is 0.144. The molecule has 0 aromatic heterocycles. The van der Waals surface area contributed by atoms with Gasteiger partial charge in [0.15, 0.2) is 0 Å². The number of aliphatic carboxylic acids is 1. The Bertz CT molecular complexity index is 301. The van der Waals surface area contributed by atoms with Gasteiger partial charge in [-0.25, -0.2) is 9.59 Å². The molecule has 0 bridgehead atoms. The van der Waals surface area contributed by atoms with E-state index in [1.54, 1.807) is 13.8 Å². The van der Waals surface area contributed by atoms with Crippen molar-refractivity contribution in [1.82, 2.24) is 10.6 Å². The molecule has 18 heavy (non-hydrogen) atoms. The molecular formula is C10H17F3N2O3. The van der Waals surface area contributed by atoms with Crippen LogP contribution in [-0.4, -0.2) is 35.4 Å². The van der Waals surface area contributed by atoms with Crippen LogP contribution in [0, 0.1) is 0 Å². The van der Waals surface area contributed by atoms with Gasteiger partial charge in [0.25, 0.3) is 0 Å². The zero-order valence-corrected chi connectivity index (χ0v) is 10.2. The van der Waals surface area contributed by atoms with Crippen molar-refractivity contribution in [3.05, 3.63) is 0 Å². The van der Waals surface area contributed by atoms with Crippen LogP contribution in [0.2, 0.25) is 0 Å². The van der Waals surface area contributed by atoms with Crippen molar-refractivity contribution in [3.63, 3.8) is 0 Å². The van der Waals surface area contributed by atoms with Gasteiger partial charge in [-0.05, 0) is 12.8 Å². The van der Waals surface area contributed by atoms with Crippen LogP contribution in [0.5, 0.6) is 0 Å². The maximum atomic E-state index is 11.8. The molecule has 0 aliphatic carbocycles. The predicted molar refractivity (Wildman–Crippen MR) is 58.2 cm³/mol. The van der Waals surface area contributed by atoms with Crippen molar-refractivity contribution < 1.29 is 27.9 Å². The zero-order valence-electron chi connectivity index (χ0n) is 10.2. The largest absolute Gasteiger partial charge is 0.480 e. The van der Waals surface area contributed by atoms with Crippen molar-refractivity contribution in [1.29, 1.82) is 0 Å². The molecule has 0 spiro atoms. The first-order chi connectivity index (χ1) is 8.17. The highest BCUT2D eigenvalue weighted by molar-refractivity contribution is 5.86. The number of carbonyl (C=O) groups excluding carboxylic acids is 1. The van der Waals surface area contributed by atoms with E-state index in [-0.39, 0.29) is 12.8 Å². The highest BCUT2D eigenvalue weighted by Gasteiger charge is 2.36. The van der Waals surface area contributed by atoms with Crippen LogP contribution in [0.3, 0.4) is 0 Å². The number of carboxylic acids is 1. The van der Waals surface area contributed by atoms with E-state index in [2.05, 4.69) is 5.32 Å². The van der Waals surface area contributed by atoms with Crippen molar-refractivity contribution in [2.45, 2.75) is 44.8 Å². The van der Waals surface area contributed by atoms with Gasteiger partial charge in [0.2, 0.25) is 0 Å². The minimum Gasteiger partial charge on any atom is -0.480 e. The average Bonchev–Trinajstić information content (AvgIpc) is 2.23. The average molecular weight is 270 g/mol. The number of alkyl halides is 3. The number of rotatable bonds is 6. The first kappa shape index (κ1) is 16.5. The van der Waals surface area contributed by atoms with E-state index in [4.69, 9.17) is 5.11 Å². The van der Waals surface area contributed by atoms with Crippen LogP contribution in [0.25, 0.3) is 0 Å². The maximum Gasteiger partial charge on any atom is 0.390 e. The monoisotopic (exact) mass is 270 g/mol. The summed E-state index contributed by atoms with van der Waals surface area (Å²) in [6.07, 6.45) is -5.22. The van der Waals surface area contributed by atoms with Crippen LogP contribution >= 0.6 is 0 Å². The van der Waals surface area contributed by atoms with E-state index in [9.17, 15) is 22.8 Å². The Morgan fingerprint density at radius 2 is 1.67 bits per heavy atom. The van der Waals surface area contributed by atoms with Gasteiger partial charge in [-0.15, -0.1) is 0 Å². The number of amides is 2. The predicted octanol–water partition coefficient (Wildman–Crippen LogP) is 1.88. The van der Waals surface area contributed by atoms with E-state index >= 15 is 0 Å². The summed E-state index contributed by atoms with van der Waals surface area (Å²) in [6.45, 7) is 2.57. The number of carbonyl (C=O) groups is 2. The molecule has 0 saturated carbocycles. The van der Waals surface area contributed by atoms with Crippen LogP contribution in [0.4, 0.5) is 18.0 Å². The van der Waals surface area contributed by atoms with Crippen LogP contribution < -0.4 is 10.6 Å². The lowest BCUT2D eigenvalue weighted by molar-refractivity contribution is -0.145. The molecule has 0 aromatic carbocycles. The molecule has 0 unspecified atom stereocenters. The lowest BCUT2D eigenvalue weighted by Crippen LogP contribution is -2.56. The smallest absolute Gasteiger partial charge is 0.390 e. The summed E-state index contributed by atoms with van der Waals surface area (Å²) in [5.74, 6) is -1.21. The summed E-state index contributed by atoms with van der Waals surface area (Å²) in [4.78, 5) is 22.3. The lowest BCUT2D eigenvalue weighted by atomic mass is 9.93. The zero-order chi connectivity index (χ0) is 14.4. The molecule has 0 aliphatic rings. The van der Waals surface area contributed by atoms with Gasteiger partial charge in [0, 0.05) is 6.54 Å². The van der Waals surface area contributed by atoms with Crippen molar-refractivity contribution in [2.75, 3.05) is 6.54 Å². The first-order valence-electron chi connectivity index (χ1n) is 5.53. The fourth-order valence-corrected chi connectivity index (χ4v) is 1.36. The van der Waals surface area contributed by atoms with Gasteiger partial charge in [0.05, 0.1) is 6.42 Å². The standard InChI is InChI=1S/C10H17F3N2O3/c1-3-9(4-2,7(16)17)15-8(18)14-6-5-10(11,12)13/h3-6H2,1-2H3,(H,16,17)(H2,14,15,18). The maximum absolute atomic E-state index is 11.8. The Kier molecular flexibility index (Phi) is 5.93. The van der Waals surface area contributed by atoms with Crippen LogP contribution in [-0.2, 0) is 4.79 Å². The molecule has 2 amide bonds. The Morgan fingerprint density at radius 1 is 1.17 bits per heavy atom. The number of halogens is 3. The normalized spacial score (nSPS) is 12.1. The number of urea groups is 1. The Balaban J connectivity index is 4.33. The van der Waals surface area contributed by atoms with Gasteiger partial charge < -0.3 is 15.7 Å². The first-order valence-corrected chi connectivity index (χ1v) is 5.53. The fraction of sp³-hybridized carbons (Fsp3) is 0.800.